The number of benzene rings is 2. The Balaban J connectivity index is 0.00000264. The molecule has 0 aromatic heterocycles. The summed E-state index contributed by atoms with van der Waals surface area (Å²) >= 11 is 0. The summed E-state index contributed by atoms with van der Waals surface area (Å²) in [5.41, 5.74) is 4.45. The second-order valence-corrected chi connectivity index (χ2v) is 5.47. The van der Waals surface area contributed by atoms with E-state index in [1.807, 2.05) is 30.3 Å². The van der Waals surface area contributed by atoms with E-state index >= 15 is 0 Å². The molecule has 2 aromatic carbocycles. The van der Waals surface area contributed by atoms with Gasteiger partial charge in [-0.3, -0.25) is 4.79 Å². The fourth-order valence-electron chi connectivity index (χ4n) is 2.39. The van der Waals surface area contributed by atoms with Gasteiger partial charge in [0.1, 0.15) is 0 Å². The van der Waals surface area contributed by atoms with Crippen molar-refractivity contribution in [3.05, 3.63) is 65.2 Å². The Morgan fingerprint density at radius 1 is 1.09 bits per heavy atom. The lowest BCUT2D eigenvalue weighted by atomic mass is 10.1. The van der Waals surface area contributed by atoms with Crippen LogP contribution in [0.25, 0.3) is 0 Å². The number of carbonyl (C=O) groups excluding carboxylic acids is 1. The van der Waals surface area contributed by atoms with Gasteiger partial charge in [-0.05, 0) is 37.1 Å². The van der Waals surface area contributed by atoms with Crippen LogP contribution in [0.15, 0.2) is 48.5 Å². The molecule has 0 heterocycles. The van der Waals surface area contributed by atoms with Crippen molar-refractivity contribution >= 4 is 24.0 Å². The minimum Gasteiger partial charge on any atom is -0.326 e. The number of rotatable bonds is 7. The molecule has 0 saturated carbocycles. The van der Waals surface area contributed by atoms with Crippen molar-refractivity contribution in [2.45, 2.75) is 33.2 Å². The molecule has 4 heteroatoms. The van der Waals surface area contributed by atoms with Gasteiger partial charge >= 0.3 is 0 Å². The summed E-state index contributed by atoms with van der Waals surface area (Å²) in [5.74, 6) is 0.0606. The monoisotopic (exact) mass is 332 g/mol. The highest BCUT2D eigenvalue weighted by molar-refractivity contribution is 5.91. The van der Waals surface area contributed by atoms with Crippen LogP contribution in [-0.2, 0) is 17.8 Å². The molecule has 124 valence electrons. The zero-order valence-electron chi connectivity index (χ0n) is 13.8. The average Bonchev–Trinajstić information content (AvgIpc) is 2.52. The number of hydrogen-bond donors (Lipinski definition) is 2. The number of carbonyl (C=O) groups is 1. The van der Waals surface area contributed by atoms with Crippen molar-refractivity contribution in [1.82, 2.24) is 5.32 Å². The molecule has 0 fully saturated rings. The number of halogens is 1. The van der Waals surface area contributed by atoms with Crippen LogP contribution in [0.5, 0.6) is 0 Å². The van der Waals surface area contributed by atoms with Crippen LogP contribution in [0.4, 0.5) is 5.69 Å². The van der Waals surface area contributed by atoms with Gasteiger partial charge in [0, 0.05) is 18.7 Å². The maximum Gasteiger partial charge on any atom is 0.224 e. The number of amides is 1. The molecular weight excluding hydrogens is 308 g/mol. The van der Waals surface area contributed by atoms with Gasteiger partial charge in [0.2, 0.25) is 5.91 Å². The molecule has 0 spiro atoms. The Labute approximate surface area is 144 Å². The van der Waals surface area contributed by atoms with Crippen molar-refractivity contribution in [1.29, 1.82) is 0 Å². The number of para-hydroxylation sites is 1. The zero-order valence-corrected chi connectivity index (χ0v) is 14.6. The van der Waals surface area contributed by atoms with E-state index in [9.17, 15) is 4.79 Å². The molecule has 0 unspecified atom stereocenters. The third-order valence-electron chi connectivity index (χ3n) is 3.58. The summed E-state index contributed by atoms with van der Waals surface area (Å²) in [6.07, 6.45) is 1.27. The number of anilines is 1. The first-order valence-electron chi connectivity index (χ1n) is 7.83. The highest BCUT2D eigenvalue weighted by Gasteiger charge is 2.06. The van der Waals surface area contributed by atoms with Gasteiger partial charge in [0.25, 0.3) is 0 Å². The van der Waals surface area contributed by atoms with Gasteiger partial charge in [-0.1, -0.05) is 55.0 Å². The van der Waals surface area contributed by atoms with E-state index < -0.39 is 0 Å². The molecule has 0 aliphatic carbocycles. The Morgan fingerprint density at radius 2 is 1.87 bits per heavy atom. The molecular formula is C19H25ClN2O. The molecule has 2 rings (SSSR count). The second-order valence-electron chi connectivity index (χ2n) is 5.47. The zero-order chi connectivity index (χ0) is 15.8. The second kappa shape index (κ2) is 10.0. The summed E-state index contributed by atoms with van der Waals surface area (Å²) in [6, 6.07) is 16.2. The van der Waals surface area contributed by atoms with Crippen molar-refractivity contribution in [2.24, 2.45) is 0 Å². The molecule has 2 N–H and O–H groups in total. The topological polar surface area (TPSA) is 41.1 Å². The summed E-state index contributed by atoms with van der Waals surface area (Å²) in [6.45, 7) is 5.82. The van der Waals surface area contributed by atoms with Crippen molar-refractivity contribution < 1.29 is 4.79 Å². The predicted octanol–water partition coefficient (Wildman–Crippen LogP) is 4.10. The van der Waals surface area contributed by atoms with Crippen molar-refractivity contribution in [3.63, 3.8) is 0 Å². The Bertz CT molecular complexity index is 628. The maximum absolute atomic E-state index is 12.2. The Morgan fingerprint density at radius 3 is 2.61 bits per heavy atom. The van der Waals surface area contributed by atoms with Crippen molar-refractivity contribution in [2.75, 3.05) is 11.9 Å². The quantitative estimate of drug-likeness (QED) is 0.801. The molecule has 0 radical (unpaired) electrons. The van der Waals surface area contributed by atoms with E-state index in [1.165, 1.54) is 11.1 Å². The first kappa shape index (κ1) is 19.2. The fraction of sp³-hybridized carbons (Fsp3) is 0.316. The fourth-order valence-corrected chi connectivity index (χ4v) is 2.39. The van der Waals surface area contributed by atoms with E-state index in [4.69, 9.17) is 0 Å². The SMILES string of the molecule is CCNCc1ccccc1NC(=O)CCc1cccc(C)c1.Cl. The average molecular weight is 333 g/mol. The number of hydrogen-bond acceptors (Lipinski definition) is 2. The molecule has 0 saturated heterocycles. The molecule has 1 amide bonds. The van der Waals surface area contributed by atoms with Gasteiger partial charge in [0.15, 0.2) is 0 Å². The molecule has 0 bridgehead atoms. The lowest BCUT2D eigenvalue weighted by Crippen LogP contribution is -2.17. The van der Waals surface area contributed by atoms with Gasteiger partial charge in [-0.15, -0.1) is 12.4 Å². The maximum atomic E-state index is 12.2. The first-order valence-corrected chi connectivity index (χ1v) is 7.83. The third kappa shape index (κ3) is 6.43. The van der Waals surface area contributed by atoms with Crippen LogP contribution in [0, 0.1) is 6.92 Å². The highest BCUT2D eigenvalue weighted by Crippen LogP contribution is 2.15. The lowest BCUT2D eigenvalue weighted by molar-refractivity contribution is -0.116. The van der Waals surface area contributed by atoms with Crippen LogP contribution >= 0.6 is 12.4 Å². The van der Waals surface area contributed by atoms with E-state index in [1.54, 1.807) is 0 Å². The van der Waals surface area contributed by atoms with E-state index in [0.29, 0.717) is 6.42 Å². The third-order valence-corrected chi connectivity index (χ3v) is 3.58. The molecule has 3 nitrogen and oxygen atoms in total. The standard InChI is InChI=1S/C19H24N2O.ClH/c1-3-20-14-17-9-4-5-10-18(17)21-19(22)12-11-16-8-6-7-15(2)13-16;/h4-10,13,20H,3,11-12,14H2,1-2H3,(H,21,22);1H. The Hall–Kier alpha value is -1.84. The van der Waals surface area contributed by atoms with Gasteiger partial charge < -0.3 is 10.6 Å². The first-order chi connectivity index (χ1) is 10.7. The van der Waals surface area contributed by atoms with E-state index in [-0.39, 0.29) is 18.3 Å². The van der Waals surface area contributed by atoms with Crippen LogP contribution in [0.1, 0.15) is 30.0 Å². The van der Waals surface area contributed by atoms with Crippen molar-refractivity contribution in [3.8, 4) is 0 Å². The normalized spacial score (nSPS) is 10.0. The summed E-state index contributed by atoms with van der Waals surface area (Å²) in [7, 11) is 0. The van der Waals surface area contributed by atoms with E-state index in [0.717, 1.165) is 30.8 Å². The van der Waals surface area contributed by atoms with Gasteiger partial charge in [-0.2, -0.15) is 0 Å². The summed E-state index contributed by atoms with van der Waals surface area (Å²) < 4.78 is 0. The number of nitrogens with one attached hydrogen (secondary N) is 2. The van der Waals surface area contributed by atoms with Crippen LogP contribution in [-0.4, -0.2) is 12.5 Å². The Kier molecular flexibility index (Phi) is 8.38. The molecule has 0 aliphatic heterocycles. The van der Waals surface area contributed by atoms with E-state index in [2.05, 4.69) is 42.7 Å². The number of aryl methyl sites for hydroxylation is 2. The predicted molar refractivity (Wildman–Crippen MR) is 99.2 cm³/mol. The molecule has 0 aliphatic rings. The smallest absolute Gasteiger partial charge is 0.224 e. The largest absolute Gasteiger partial charge is 0.326 e. The highest BCUT2D eigenvalue weighted by atomic mass is 35.5. The molecule has 2 aromatic rings. The lowest BCUT2D eigenvalue weighted by Gasteiger charge is -2.11. The van der Waals surface area contributed by atoms with Crippen LogP contribution in [0.3, 0.4) is 0 Å². The van der Waals surface area contributed by atoms with Gasteiger partial charge in [0.05, 0.1) is 0 Å². The molecule has 23 heavy (non-hydrogen) atoms. The molecule has 0 atom stereocenters. The minimum absolute atomic E-state index is 0. The van der Waals surface area contributed by atoms with Gasteiger partial charge in [-0.25, -0.2) is 0 Å². The summed E-state index contributed by atoms with van der Waals surface area (Å²) in [4.78, 5) is 12.2. The van der Waals surface area contributed by atoms with Crippen LogP contribution < -0.4 is 10.6 Å². The van der Waals surface area contributed by atoms with Crippen LogP contribution in [0.2, 0.25) is 0 Å². The minimum atomic E-state index is 0. The summed E-state index contributed by atoms with van der Waals surface area (Å²) in [5, 5.41) is 6.32.